The molecule has 1 aromatic rings. The lowest BCUT2D eigenvalue weighted by Gasteiger charge is -2.33. The van der Waals surface area contributed by atoms with Crippen LogP contribution in [-0.2, 0) is 18.9 Å². The van der Waals surface area contributed by atoms with Crippen LogP contribution in [0.25, 0.3) is 0 Å². The molecule has 0 amide bonds. The molecule has 9 heteroatoms. The Labute approximate surface area is 147 Å². The molecule has 0 spiro atoms. The number of anilines is 1. The van der Waals surface area contributed by atoms with Gasteiger partial charge in [-0.05, 0) is 6.92 Å². The molecule has 0 radical (unpaired) electrons. The molecule has 1 fully saturated rings. The summed E-state index contributed by atoms with van der Waals surface area (Å²) in [5.74, 6) is 0.164. The molecule has 0 saturated carbocycles. The van der Waals surface area contributed by atoms with E-state index in [1.807, 2.05) is 4.90 Å². The third kappa shape index (κ3) is 5.89. The number of rotatable bonds is 9. The quantitative estimate of drug-likeness (QED) is 0.488. The fraction of sp³-hybridized carbons (Fsp3) is 0.688. The summed E-state index contributed by atoms with van der Waals surface area (Å²) in [5, 5.41) is 3.26. The van der Waals surface area contributed by atoms with Gasteiger partial charge in [-0.25, -0.2) is 14.8 Å². The van der Waals surface area contributed by atoms with Crippen LogP contribution in [0.2, 0.25) is 0 Å². The monoisotopic (exact) mass is 354 g/mol. The number of methoxy groups -OCH3 is 2. The minimum Gasteiger partial charge on any atom is -0.462 e. The zero-order valence-corrected chi connectivity index (χ0v) is 14.9. The highest BCUT2D eigenvalue weighted by Crippen LogP contribution is 2.13. The van der Waals surface area contributed by atoms with Crippen molar-refractivity contribution < 1.29 is 23.7 Å². The lowest BCUT2D eigenvalue weighted by Crippen LogP contribution is -2.48. The van der Waals surface area contributed by atoms with Crippen molar-refractivity contribution in [1.29, 1.82) is 0 Å². The number of hydrogen-bond donors (Lipinski definition) is 1. The molecule has 0 aliphatic carbocycles. The van der Waals surface area contributed by atoms with E-state index in [2.05, 4.69) is 15.3 Å². The number of ether oxygens (including phenoxy) is 4. The zero-order chi connectivity index (χ0) is 18.1. The first-order valence-electron chi connectivity index (χ1n) is 8.30. The van der Waals surface area contributed by atoms with Crippen molar-refractivity contribution in [3.8, 4) is 0 Å². The Kier molecular flexibility index (Phi) is 7.99. The van der Waals surface area contributed by atoms with Gasteiger partial charge in [0, 0.05) is 52.8 Å². The van der Waals surface area contributed by atoms with Gasteiger partial charge < -0.3 is 29.2 Å². The average Bonchev–Trinajstić information content (AvgIpc) is 2.66. The van der Waals surface area contributed by atoms with Gasteiger partial charge in [0.1, 0.15) is 0 Å². The summed E-state index contributed by atoms with van der Waals surface area (Å²) in [7, 11) is 3.21. The van der Waals surface area contributed by atoms with Gasteiger partial charge in [0.05, 0.1) is 24.9 Å². The molecular formula is C16H26N4O5. The summed E-state index contributed by atoms with van der Waals surface area (Å²) in [6.45, 7) is 5.29. The van der Waals surface area contributed by atoms with Crippen molar-refractivity contribution in [2.24, 2.45) is 0 Å². The fourth-order valence-corrected chi connectivity index (χ4v) is 2.45. The molecule has 1 aliphatic rings. The number of hydrogen-bond acceptors (Lipinski definition) is 9. The van der Waals surface area contributed by atoms with E-state index in [0.29, 0.717) is 50.9 Å². The standard InChI is InChI=1S/C16H26N4O5/c1-4-24-15(21)12-7-18-16(19-8-12)20-5-6-25-13(11-20)9-17-10-14(22-2)23-3/h7-8,13-14,17H,4-6,9-11H2,1-3H3. The summed E-state index contributed by atoms with van der Waals surface area (Å²) in [5.41, 5.74) is 0.349. The maximum Gasteiger partial charge on any atom is 0.341 e. The topological polar surface area (TPSA) is 95.0 Å². The van der Waals surface area contributed by atoms with Crippen molar-refractivity contribution in [2.75, 3.05) is 58.5 Å². The van der Waals surface area contributed by atoms with Crippen molar-refractivity contribution in [3.05, 3.63) is 18.0 Å². The lowest BCUT2D eigenvalue weighted by atomic mass is 10.2. The van der Waals surface area contributed by atoms with Gasteiger partial charge in [0.25, 0.3) is 0 Å². The summed E-state index contributed by atoms with van der Waals surface area (Å²) in [4.78, 5) is 22.2. The number of nitrogens with zero attached hydrogens (tertiary/aromatic N) is 3. The summed E-state index contributed by atoms with van der Waals surface area (Å²) >= 11 is 0. The van der Waals surface area contributed by atoms with Crippen LogP contribution in [0.1, 0.15) is 17.3 Å². The summed E-state index contributed by atoms with van der Waals surface area (Å²) in [6.07, 6.45) is 2.71. The number of esters is 1. The Morgan fingerprint density at radius 2 is 2.12 bits per heavy atom. The van der Waals surface area contributed by atoms with Gasteiger partial charge in [-0.3, -0.25) is 0 Å². The molecule has 1 aliphatic heterocycles. The van der Waals surface area contributed by atoms with E-state index in [1.165, 1.54) is 12.4 Å². The van der Waals surface area contributed by atoms with Crippen LogP contribution in [0.5, 0.6) is 0 Å². The summed E-state index contributed by atoms with van der Waals surface area (Å²) < 4.78 is 21.0. The smallest absolute Gasteiger partial charge is 0.341 e. The van der Waals surface area contributed by atoms with Crippen molar-refractivity contribution >= 4 is 11.9 Å². The van der Waals surface area contributed by atoms with E-state index in [0.717, 1.165) is 0 Å². The van der Waals surface area contributed by atoms with Crippen LogP contribution >= 0.6 is 0 Å². The first-order valence-corrected chi connectivity index (χ1v) is 8.30. The number of nitrogens with one attached hydrogen (secondary N) is 1. The highest BCUT2D eigenvalue weighted by atomic mass is 16.7. The van der Waals surface area contributed by atoms with E-state index in [9.17, 15) is 4.79 Å². The maximum atomic E-state index is 11.6. The lowest BCUT2D eigenvalue weighted by molar-refractivity contribution is -0.0999. The van der Waals surface area contributed by atoms with E-state index < -0.39 is 5.97 Å². The number of carbonyl (C=O) groups is 1. The Balaban J connectivity index is 1.84. The Morgan fingerprint density at radius 3 is 2.76 bits per heavy atom. The molecular weight excluding hydrogens is 328 g/mol. The van der Waals surface area contributed by atoms with Crippen LogP contribution in [0.4, 0.5) is 5.95 Å². The molecule has 2 rings (SSSR count). The van der Waals surface area contributed by atoms with Gasteiger partial charge in [0.15, 0.2) is 6.29 Å². The Hall–Kier alpha value is -1.81. The second-order valence-corrected chi connectivity index (χ2v) is 5.49. The normalized spacial score (nSPS) is 17.8. The zero-order valence-electron chi connectivity index (χ0n) is 14.9. The third-order valence-electron chi connectivity index (χ3n) is 3.78. The first-order chi connectivity index (χ1) is 12.2. The van der Waals surface area contributed by atoms with Crippen LogP contribution < -0.4 is 10.2 Å². The van der Waals surface area contributed by atoms with Gasteiger partial charge in [-0.1, -0.05) is 0 Å². The minimum atomic E-state index is -0.413. The van der Waals surface area contributed by atoms with E-state index >= 15 is 0 Å². The fourth-order valence-electron chi connectivity index (χ4n) is 2.45. The second kappa shape index (κ2) is 10.2. The van der Waals surface area contributed by atoms with Crippen LogP contribution in [0.3, 0.4) is 0 Å². The molecule has 1 atom stereocenters. The van der Waals surface area contributed by atoms with E-state index in [1.54, 1.807) is 21.1 Å². The predicted octanol–water partition coefficient (Wildman–Crippen LogP) is 0.0670. The summed E-state index contributed by atoms with van der Waals surface area (Å²) in [6, 6.07) is 0. The average molecular weight is 354 g/mol. The molecule has 0 aromatic carbocycles. The van der Waals surface area contributed by atoms with Crippen molar-refractivity contribution in [3.63, 3.8) is 0 Å². The van der Waals surface area contributed by atoms with Gasteiger partial charge in [0.2, 0.25) is 5.95 Å². The molecule has 0 bridgehead atoms. The first kappa shape index (κ1) is 19.5. The largest absolute Gasteiger partial charge is 0.462 e. The van der Waals surface area contributed by atoms with Gasteiger partial charge in [-0.15, -0.1) is 0 Å². The van der Waals surface area contributed by atoms with Gasteiger partial charge in [-0.2, -0.15) is 0 Å². The minimum absolute atomic E-state index is 0.0106. The second-order valence-electron chi connectivity index (χ2n) is 5.49. The maximum absolute atomic E-state index is 11.6. The molecule has 2 heterocycles. The van der Waals surface area contributed by atoms with Gasteiger partial charge >= 0.3 is 5.97 Å². The number of carbonyl (C=O) groups excluding carboxylic acids is 1. The molecule has 140 valence electrons. The third-order valence-corrected chi connectivity index (χ3v) is 3.78. The van der Waals surface area contributed by atoms with Crippen LogP contribution in [0.15, 0.2) is 12.4 Å². The molecule has 9 nitrogen and oxygen atoms in total. The Bertz CT molecular complexity index is 524. The molecule has 25 heavy (non-hydrogen) atoms. The number of morpholine rings is 1. The van der Waals surface area contributed by atoms with Crippen molar-refractivity contribution in [1.82, 2.24) is 15.3 Å². The highest BCUT2D eigenvalue weighted by Gasteiger charge is 2.22. The SMILES string of the molecule is CCOC(=O)c1cnc(N2CCOC(CNCC(OC)OC)C2)nc1. The molecule has 1 N–H and O–H groups in total. The molecule has 1 unspecified atom stereocenters. The van der Waals surface area contributed by atoms with E-state index in [-0.39, 0.29) is 12.4 Å². The predicted molar refractivity (Wildman–Crippen MR) is 90.6 cm³/mol. The van der Waals surface area contributed by atoms with Crippen LogP contribution in [-0.4, -0.2) is 81.9 Å². The molecule has 1 aromatic heterocycles. The highest BCUT2D eigenvalue weighted by molar-refractivity contribution is 5.88. The van der Waals surface area contributed by atoms with Crippen LogP contribution in [0, 0.1) is 0 Å². The molecule has 1 saturated heterocycles. The number of aromatic nitrogens is 2. The van der Waals surface area contributed by atoms with E-state index in [4.69, 9.17) is 18.9 Å². The Morgan fingerprint density at radius 1 is 1.40 bits per heavy atom. The van der Waals surface area contributed by atoms with Crippen molar-refractivity contribution in [2.45, 2.75) is 19.3 Å².